The highest BCUT2D eigenvalue weighted by Gasteiger charge is 2.38. The van der Waals surface area contributed by atoms with Gasteiger partial charge in [0.05, 0.1) is 5.03 Å². The van der Waals surface area contributed by atoms with Crippen LogP contribution >= 0.6 is 11.6 Å². The molecule has 1 heterocycles. The van der Waals surface area contributed by atoms with E-state index in [1.807, 2.05) is 43.3 Å². The van der Waals surface area contributed by atoms with Crippen LogP contribution in [0.15, 0.2) is 77.6 Å². The standard InChI is InChI=1S/C34H39ClN2O4/c1-7-24(16-31(22(5)35)41-32(34(39)40)26-11-12-26)19-37-23(6)21(4)29-17-28(13-14-30(29)37)33(38)36-18-25-9-8-10-27(15-25)20(2)3/h7-10,13-17,20,26,32H,5,11-12,18-19H2,1-4,6H3,(H,36,38)(H,39,40)/b24-7+,31-16+. The number of aryl methyl sites for hydroxylation is 1. The number of carboxylic acids is 1. The monoisotopic (exact) mass is 574 g/mol. The van der Waals surface area contributed by atoms with E-state index in [1.165, 1.54) is 5.56 Å². The first kappa shape index (κ1) is 30.2. The zero-order valence-corrected chi connectivity index (χ0v) is 25.2. The Labute approximate surface area is 247 Å². The van der Waals surface area contributed by atoms with Gasteiger partial charge in [0, 0.05) is 41.2 Å². The van der Waals surface area contributed by atoms with Crippen molar-refractivity contribution in [2.75, 3.05) is 0 Å². The molecule has 4 rings (SSSR count). The fourth-order valence-electron chi connectivity index (χ4n) is 4.97. The molecule has 1 aromatic heterocycles. The summed E-state index contributed by atoms with van der Waals surface area (Å²) in [6, 6.07) is 14.1. The first-order valence-electron chi connectivity index (χ1n) is 14.1. The Kier molecular flexibility index (Phi) is 9.44. The normalized spacial score (nSPS) is 14.8. The number of allylic oxidation sites excluding steroid dienone is 4. The summed E-state index contributed by atoms with van der Waals surface area (Å²) in [5, 5.41) is 13.8. The number of nitrogens with zero attached hydrogens (tertiary/aromatic N) is 1. The van der Waals surface area contributed by atoms with Crippen molar-refractivity contribution in [3.8, 4) is 0 Å². The molecule has 0 radical (unpaired) electrons. The summed E-state index contributed by atoms with van der Waals surface area (Å²) in [6.07, 6.45) is 4.44. The van der Waals surface area contributed by atoms with Crippen LogP contribution in [0.3, 0.4) is 0 Å². The van der Waals surface area contributed by atoms with Crippen LogP contribution in [0.1, 0.15) is 72.3 Å². The van der Waals surface area contributed by atoms with Gasteiger partial charge in [-0.3, -0.25) is 4.79 Å². The van der Waals surface area contributed by atoms with Gasteiger partial charge in [-0.05, 0) is 86.1 Å². The van der Waals surface area contributed by atoms with Crippen molar-refractivity contribution < 1.29 is 19.4 Å². The molecule has 0 saturated heterocycles. The fraction of sp³-hybridized carbons (Fsp3) is 0.353. The molecule has 1 fully saturated rings. The number of carboxylic acid groups (broad SMARTS) is 1. The molecular weight excluding hydrogens is 536 g/mol. The minimum Gasteiger partial charge on any atom is -0.478 e. The summed E-state index contributed by atoms with van der Waals surface area (Å²) in [5.74, 6) is -0.419. The number of aromatic nitrogens is 1. The summed E-state index contributed by atoms with van der Waals surface area (Å²) in [6.45, 7) is 15.1. The first-order chi connectivity index (χ1) is 19.5. The molecule has 0 spiro atoms. The van der Waals surface area contributed by atoms with E-state index in [0.717, 1.165) is 46.1 Å². The molecule has 0 aliphatic heterocycles. The highest BCUT2D eigenvalue weighted by molar-refractivity contribution is 6.31. The zero-order chi connectivity index (χ0) is 29.8. The molecule has 6 nitrogen and oxygen atoms in total. The third kappa shape index (κ3) is 7.12. The van der Waals surface area contributed by atoms with E-state index in [1.54, 1.807) is 6.08 Å². The van der Waals surface area contributed by atoms with E-state index in [2.05, 4.69) is 56.3 Å². The Morgan fingerprint density at radius 2 is 1.93 bits per heavy atom. The van der Waals surface area contributed by atoms with E-state index in [4.69, 9.17) is 16.3 Å². The van der Waals surface area contributed by atoms with Crippen LogP contribution in [-0.4, -0.2) is 27.7 Å². The number of aliphatic carboxylic acids is 1. The molecule has 1 saturated carbocycles. The Hall–Kier alpha value is -3.77. The van der Waals surface area contributed by atoms with E-state index in [0.29, 0.717) is 24.6 Å². The van der Waals surface area contributed by atoms with Crippen LogP contribution in [0, 0.1) is 19.8 Å². The predicted octanol–water partition coefficient (Wildman–Crippen LogP) is 7.77. The third-order valence-electron chi connectivity index (χ3n) is 7.81. The van der Waals surface area contributed by atoms with Crippen molar-refractivity contribution in [1.29, 1.82) is 0 Å². The van der Waals surface area contributed by atoms with Gasteiger partial charge in [-0.15, -0.1) is 0 Å². The van der Waals surface area contributed by atoms with Gasteiger partial charge in [0.2, 0.25) is 0 Å². The zero-order valence-electron chi connectivity index (χ0n) is 24.5. The molecule has 7 heteroatoms. The van der Waals surface area contributed by atoms with E-state index in [-0.39, 0.29) is 22.6 Å². The van der Waals surface area contributed by atoms with Crippen molar-refractivity contribution in [3.63, 3.8) is 0 Å². The SMILES string of the molecule is C=C(Cl)/C(=C\C(=C/C)Cn1c(C)c(C)c2cc(C(=O)NCc3cccc(C(C)C)c3)ccc21)OC(C(=O)O)C1CC1. The molecule has 2 N–H and O–H groups in total. The molecule has 1 aliphatic rings. The number of hydrogen-bond donors (Lipinski definition) is 2. The van der Waals surface area contributed by atoms with Gasteiger partial charge in [0.25, 0.3) is 5.91 Å². The van der Waals surface area contributed by atoms with E-state index < -0.39 is 12.1 Å². The number of hydrogen-bond acceptors (Lipinski definition) is 3. The quantitative estimate of drug-likeness (QED) is 0.171. The van der Waals surface area contributed by atoms with Gasteiger partial charge >= 0.3 is 5.97 Å². The summed E-state index contributed by atoms with van der Waals surface area (Å²) in [5.41, 5.74) is 7.00. The summed E-state index contributed by atoms with van der Waals surface area (Å²) >= 11 is 6.23. The Morgan fingerprint density at radius 3 is 2.54 bits per heavy atom. The summed E-state index contributed by atoms with van der Waals surface area (Å²) < 4.78 is 8.02. The molecule has 1 aliphatic carbocycles. The largest absolute Gasteiger partial charge is 0.478 e. The Balaban J connectivity index is 1.54. The van der Waals surface area contributed by atoms with Gasteiger partial charge in [-0.1, -0.05) is 62.4 Å². The Morgan fingerprint density at radius 1 is 1.20 bits per heavy atom. The molecule has 3 aromatic rings. The molecule has 2 aromatic carbocycles. The number of benzene rings is 2. The second-order valence-electron chi connectivity index (χ2n) is 11.1. The van der Waals surface area contributed by atoms with Crippen molar-refractivity contribution in [3.05, 3.63) is 106 Å². The molecule has 1 amide bonds. The highest BCUT2D eigenvalue weighted by atomic mass is 35.5. The van der Waals surface area contributed by atoms with Crippen molar-refractivity contribution in [1.82, 2.24) is 9.88 Å². The summed E-state index contributed by atoms with van der Waals surface area (Å²) in [4.78, 5) is 24.8. The lowest BCUT2D eigenvalue weighted by molar-refractivity contribution is -0.148. The van der Waals surface area contributed by atoms with Gasteiger partial charge in [-0.25, -0.2) is 4.79 Å². The average Bonchev–Trinajstić information content (AvgIpc) is 3.76. The van der Waals surface area contributed by atoms with Crippen LogP contribution in [-0.2, 0) is 22.6 Å². The number of amides is 1. The minimum atomic E-state index is -0.995. The third-order valence-corrected chi connectivity index (χ3v) is 8.00. The smallest absolute Gasteiger partial charge is 0.345 e. The van der Waals surface area contributed by atoms with Crippen LogP contribution in [0.25, 0.3) is 10.9 Å². The van der Waals surface area contributed by atoms with Crippen molar-refractivity contribution in [2.45, 2.75) is 72.6 Å². The lowest BCUT2D eigenvalue weighted by Crippen LogP contribution is -2.26. The van der Waals surface area contributed by atoms with Gasteiger partial charge in [0.15, 0.2) is 6.10 Å². The highest BCUT2D eigenvalue weighted by Crippen LogP contribution is 2.37. The molecular formula is C34H39ClN2O4. The fourth-order valence-corrected chi connectivity index (χ4v) is 5.07. The first-order valence-corrected chi connectivity index (χ1v) is 14.5. The average molecular weight is 575 g/mol. The number of halogens is 1. The lowest BCUT2D eigenvalue weighted by Gasteiger charge is -2.18. The molecule has 216 valence electrons. The number of carbonyl (C=O) groups excluding carboxylic acids is 1. The molecule has 1 unspecified atom stereocenters. The maximum absolute atomic E-state index is 13.1. The summed E-state index contributed by atoms with van der Waals surface area (Å²) in [7, 11) is 0. The van der Waals surface area contributed by atoms with Crippen LogP contribution in [0.5, 0.6) is 0 Å². The number of fused-ring (bicyclic) bond motifs is 1. The Bertz CT molecular complexity index is 1540. The second-order valence-corrected chi connectivity index (χ2v) is 11.6. The number of carbonyl (C=O) groups is 2. The second kappa shape index (κ2) is 12.8. The van der Waals surface area contributed by atoms with Crippen LogP contribution < -0.4 is 5.32 Å². The molecule has 1 atom stereocenters. The number of rotatable bonds is 12. The number of ether oxygens (including phenoxy) is 1. The van der Waals surface area contributed by atoms with E-state index in [9.17, 15) is 14.7 Å². The van der Waals surface area contributed by atoms with Crippen LogP contribution in [0.4, 0.5) is 0 Å². The maximum Gasteiger partial charge on any atom is 0.345 e. The van der Waals surface area contributed by atoms with Gasteiger partial charge in [0.1, 0.15) is 5.76 Å². The van der Waals surface area contributed by atoms with Crippen molar-refractivity contribution in [2.24, 2.45) is 5.92 Å². The minimum absolute atomic E-state index is 0.00383. The lowest BCUT2D eigenvalue weighted by atomic mass is 10.0. The van der Waals surface area contributed by atoms with E-state index >= 15 is 0 Å². The predicted molar refractivity (Wildman–Crippen MR) is 165 cm³/mol. The van der Waals surface area contributed by atoms with Crippen LogP contribution in [0.2, 0.25) is 0 Å². The maximum atomic E-state index is 13.1. The molecule has 0 bridgehead atoms. The van der Waals surface area contributed by atoms with Crippen molar-refractivity contribution >= 4 is 34.4 Å². The molecule has 41 heavy (non-hydrogen) atoms. The topological polar surface area (TPSA) is 80.6 Å². The number of nitrogens with one attached hydrogen (secondary N) is 1. The van der Waals surface area contributed by atoms with Gasteiger partial charge in [-0.2, -0.15) is 0 Å². The van der Waals surface area contributed by atoms with Gasteiger partial charge < -0.3 is 19.7 Å².